The zero-order valence-corrected chi connectivity index (χ0v) is 19.9. The molecule has 1 saturated heterocycles. The molecule has 1 unspecified atom stereocenters. The van der Waals surface area contributed by atoms with Gasteiger partial charge in [0.1, 0.15) is 17.2 Å². The van der Waals surface area contributed by atoms with Gasteiger partial charge < -0.3 is 24.4 Å². The molecule has 1 N–H and O–H groups in total. The predicted octanol–water partition coefficient (Wildman–Crippen LogP) is 3.70. The lowest BCUT2D eigenvalue weighted by Gasteiger charge is -2.32. The first-order valence-corrected chi connectivity index (χ1v) is 11.4. The Hall–Kier alpha value is -3.22. The number of carbonyl (C=O) groups excluding carboxylic acids is 2. The number of hydrogen-bond acceptors (Lipinski definition) is 5. The molecule has 0 saturated carbocycles. The van der Waals surface area contributed by atoms with Gasteiger partial charge in [-0.2, -0.15) is 0 Å². The number of rotatable bonds is 9. The minimum absolute atomic E-state index is 0.0704. The maximum atomic E-state index is 13.0. The summed E-state index contributed by atoms with van der Waals surface area (Å²) in [5.41, 5.74) is 1.75. The largest absolute Gasteiger partial charge is 0.497 e. The second-order valence-corrected chi connectivity index (χ2v) is 8.46. The number of nitrogens with zero attached hydrogens (tertiary/aromatic N) is 1. The van der Waals surface area contributed by atoms with Crippen LogP contribution in [0, 0.1) is 5.92 Å². The molecule has 0 aliphatic carbocycles. The molecule has 0 spiro atoms. The molecule has 1 fully saturated rings. The number of amides is 2. The fraction of sp³-hybridized carbons (Fsp3) is 0.462. The molecule has 1 atom stereocenters. The van der Waals surface area contributed by atoms with Crippen LogP contribution in [0.2, 0.25) is 0 Å². The van der Waals surface area contributed by atoms with E-state index in [-0.39, 0.29) is 23.8 Å². The van der Waals surface area contributed by atoms with E-state index in [4.69, 9.17) is 14.2 Å². The summed E-state index contributed by atoms with van der Waals surface area (Å²) >= 11 is 0. The lowest BCUT2D eigenvalue weighted by molar-refractivity contribution is -0.126. The first-order chi connectivity index (χ1) is 15.9. The summed E-state index contributed by atoms with van der Waals surface area (Å²) in [5.74, 6) is 1.94. The molecule has 0 aromatic heterocycles. The van der Waals surface area contributed by atoms with Gasteiger partial charge in [-0.05, 0) is 62.4 Å². The highest BCUT2D eigenvalue weighted by molar-refractivity contribution is 5.95. The van der Waals surface area contributed by atoms with E-state index in [1.54, 1.807) is 44.4 Å². The van der Waals surface area contributed by atoms with Crippen LogP contribution < -0.4 is 19.5 Å². The maximum Gasteiger partial charge on any atom is 0.254 e. The highest BCUT2D eigenvalue weighted by Crippen LogP contribution is 2.25. The molecule has 3 rings (SSSR count). The first-order valence-electron chi connectivity index (χ1n) is 11.4. The molecule has 1 aliphatic rings. The van der Waals surface area contributed by atoms with Crippen molar-refractivity contribution in [3.63, 3.8) is 0 Å². The molecule has 1 aliphatic heterocycles. The molecule has 2 aromatic carbocycles. The molecule has 2 amide bonds. The standard InChI is InChI=1S/C26H34N2O5/c1-18(5-6-19-7-9-22(31-2)10-8-19)27-25(29)20-11-13-28(14-12-20)26(30)21-15-23(32-3)17-24(16-21)33-4/h7-10,15-18,20H,5-6,11-14H2,1-4H3,(H,27,29). The second-order valence-electron chi connectivity index (χ2n) is 8.46. The molecule has 178 valence electrons. The molecular weight excluding hydrogens is 420 g/mol. The van der Waals surface area contributed by atoms with Gasteiger partial charge in [0.05, 0.1) is 21.3 Å². The van der Waals surface area contributed by atoms with Crippen molar-refractivity contribution in [3.05, 3.63) is 53.6 Å². The van der Waals surface area contributed by atoms with Crippen molar-refractivity contribution >= 4 is 11.8 Å². The van der Waals surface area contributed by atoms with Crippen LogP contribution in [0.4, 0.5) is 0 Å². The molecule has 33 heavy (non-hydrogen) atoms. The lowest BCUT2D eigenvalue weighted by Crippen LogP contribution is -2.44. The highest BCUT2D eigenvalue weighted by atomic mass is 16.5. The summed E-state index contributed by atoms with van der Waals surface area (Å²) in [7, 11) is 4.78. The quantitative estimate of drug-likeness (QED) is 0.625. The Morgan fingerprint density at radius 2 is 1.52 bits per heavy atom. The van der Waals surface area contributed by atoms with Crippen LogP contribution in [0.3, 0.4) is 0 Å². The second kappa shape index (κ2) is 11.6. The van der Waals surface area contributed by atoms with Crippen LogP contribution in [0.5, 0.6) is 17.2 Å². The third-order valence-corrected chi connectivity index (χ3v) is 6.17. The van der Waals surface area contributed by atoms with Gasteiger partial charge in [0, 0.05) is 36.7 Å². The van der Waals surface area contributed by atoms with E-state index in [1.807, 2.05) is 19.1 Å². The number of nitrogens with one attached hydrogen (secondary N) is 1. The van der Waals surface area contributed by atoms with Crippen LogP contribution >= 0.6 is 0 Å². The van der Waals surface area contributed by atoms with E-state index in [0.717, 1.165) is 18.6 Å². The SMILES string of the molecule is COc1ccc(CCC(C)NC(=O)C2CCN(C(=O)c3cc(OC)cc(OC)c3)CC2)cc1. The molecule has 0 bridgehead atoms. The predicted molar refractivity (Wildman–Crippen MR) is 127 cm³/mol. The van der Waals surface area contributed by atoms with Crippen molar-refractivity contribution in [2.75, 3.05) is 34.4 Å². The smallest absolute Gasteiger partial charge is 0.254 e. The normalized spacial score (nSPS) is 15.0. The number of piperidine rings is 1. The number of likely N-dealkylation sites (tertiary alicyclic amines) is 1. The van der Waals surface area contributed by atoms with Gasteiger partial charge in [-0.15, -0.1) is 0 Å². The van der Waals surface area contributed by atoms with Crippen molar-refractivity contribution < 1.29 is 23.8 Å². The summed E-state index contributed by atoms with van der Waals surface area (Å²) in [6, 6.07) is 13.3. The number of carbonyl (C=O) groups is 2. The van der Waals surface area contributed by atoms with E-state index in [2.05, 4.69) is 17.4 Å². The summed E-state index contributed by atoms with van der Waals surface area (Å²) in [6.45, 7) is 3.14. The van der Waals surface area contributed by atoms with Gasteiger partial charge in [-0.25, -0.2) is 0 Å². The fourth-order valence-electron chi connectivity index (χ4n) is 4.07. The summed E-state index contributed by atoms with van der Waals surface area (Å²) in [5, 5.41) is 3.15. The third kappa shape index (κ3) is 6.63. The van der Waals surface area contributed by atoms with Crippen LogP contribution in [0.15, 0.2) is 42.5 Å². The Labute approximate surface area is 196 Å². The number of benzene rings is 2. The molecule has 7 nitrogen and oxygen atoms in total. The van der Waals surface area contributed by atoms with Gasteiger partial charge in [-0.1, -0.05) is 12.1 Å². The van der Waals surface area contributed by atoms with E-state index in [9.17, 15) is 9.59 Å². The Bertz CT molecular complexity index is 914. The van der Waals surface area contributed by atoms with Gasteiger partial charge in [0.2, 0.25) is 5.91 Å². The Morgan fingerprint density at radius 1 is 0.939 bits per heavy atom. The minimum Gasteiger partial charge on any atom is -0.497 e. The first kappa shape index (κ1) is 24.4. The van der Waals surface area contributed by atoms with Crippen molar-refractivity contribution in [3.8, 4) is 17.2 Å². The van der Waals surface area contributed by atoms with Crippen molar-refractivity contribution in [1.82, 2.24) is 10.2 Å². The summed E-state index contributed by atoms with van der Waals surface area (Å²) in [6.07, 6.45) is 3.07. The van der Waals surface area contributed by atoms with Crippen LogP contribution in [-0.2, 0) is 11.2 Å². The number of aryl methyl sites for hydroxylation is 1. The van der Waals surface area contributed by atoms with Gasteiger partial charge in [0.15, 0.2) is 0 Å². The zero-order chi connectivity index (χ0) is 23.8. The molecule has 0 radical (unpaired) electrons. The Kier molecular flexibility index (Phi) is 8.58. The lowest BCUT2D eigenvalue weighted by atomic mass is 9.94. The van der Waals surface area contributed by atoms with Gasteiger partial charge in [0.25, 0.3) is 5.91 Å². The van der Waals surface area contributed by atoms with E-state index in [0.29, 0.717) is 43.0 Å². The van der Waals surface area contributed by atoms with Crippen molar-refractivity contribution in [2.24, 2.45) is 5.92 Å². The molecule has 7 heteroatoms. The third-order valence-electron chi connectivity index (χ3n) is 6.17. The van der Waals surface area contributed by atoms with Crippen LogP contribution in [0.25, 0.3) is 0 Å². The monoisotopic (exact) mass is 454 g/mol. The highest BCUT2D eigenvalue weighted by Gasteiger charge is 2.28. The van der Waals surface area contributed by atoms with Crippen LogP contribution in [0.1, 0.15) is 42.1 Å². The van der Waals surface area contributed by atoms with E-state index in [1.165, 1.54) is 5.56 Å². The van der Waals surface area contributed by atoms with Gasteiger partial charge >= 0.3 is 0 Å². The molecular formula is C26H34N2O5. The Balaban J connectivity index is 1.46. The average molecular weight is 455 g/mol. The van der Waals surface area contributed by atoms with Crippen LogP contribution in [-0.4, -0.2) is 57.2 Å². The topological polar surface area (TPSA) is 77.1 Å². The molecule has 1 heterocycles. The number of hydrogen-bond donors (Lipinski definition) is 1. The fourth-order valence-corrected chi connectivity index (χ4v) is 4.07. The maximum absolute atomic E-state index is 13.0. The number of ether oxygens (including phenoxy) is 3. The van der Waals surface area contributed by atoms with Gasteiger partial charge in [-0.3, -0.25) is 9.59 Å². The average Bonchev–Trinajstić information content (AvgIpc) is 2.86. The minimum atomic E-state index is -0.0719. The van der Waals surface area contributed by atoms with Crippen molar-refractivity contribution in [2.45, 2.75) is 38.6 Å². The Morgan fingerprint density at radius 3 is 2.06 bits per heavy atom. The van der Waals surface area contributed by atoms with Crippen molar-refractivity contribution in [1.29, 1.82) is 0 Å². The summed E-state index contributed by atoms with van der Waals surface area (Å²) in [4.78, 5) is 27.5. The van der Waals surface area contributed by atoms with E-state index < -0.39 is 0 Å². The number of methoxy groups -OCH3 is 3. The van der Waals surface area contributed by atoms with E-state index >= 15 is 0 Å². The zero-order valence-electron chi connectivity index (χ0n) is 19.9. The molecule has 2 aromatic rings. The summed E-state index contributed by atoms with van der Waals surface area (Å²) < 4.78 is 15.7.